The van der Waals surface area contributed by atoms with Gasteiger partial charge in [0.15, 0.2) is 11.5 Å². The third-order valence-electron chi connectivity index (χ3n) is 3.93. The first kappa shape index (κ1) is 18.1. The summed E-state index contributed by atoms with van der Waals surface area (Å²) >= 11 is 6.16. The fraction of sp³-hybridized carbons (Fsp3) is 0.0556. The van der Waals surface area contributed by atoms with E-state index < -0.39 is 18.0 Å². The van der Waals surface area contributed by atoms with E-state index in [0.29, 0.717) is 11.3 Å². The second-order valence-electron chi connectivity index (χ2n) is 5.79. The number of primary amides is 1. The van der Waals surface area contributed by atoms with E-state index in [1.807, 2.05) is 0 Å². The van der Waals surface area contributed by atoms with Gasteiger partial charge in [-0.25, -0.2) is 9.37 Å². The van der Waals surface area contributed by atoms with Gasteiger partial charge < -0.3 is 15.2 Å². The highest BCUT2D eigenvalue weighted by atomic mass is 35.5. The van der Waals surface area contributed by atoms with Gasteiger partial charge in [-0.2, -0.15) is 0 Å². The monoisotopic (exact) mass is 407 g/mol. The molecular weight excluding hydrogens is 399 g/mol. The van der Waals surface area contributed by atoms with E-state index in [1.165, 1.54) is 36.7 Å². The normalized spacial score (nSPS) is 14.1. The van der Waals surface area contributed by atoms with Crippen molar-refractivity contribution in [2.24, 2.45) is 5.73 Å². The number of nitrogens with two attached hydrogens (primary N) is 1. The number of fused-ring (bicyclic) bond motifs is 1. The smallest absolute Gasteiger partial charge is 0.395 e. The van der Waals surface area contributed by atoms with E-state index in [9.17, 15) is 18.0 Å². The molecular formula is C18H9ClF3N3O3. The molecule has 1 amide bonds. The Hall–Kier alpha value is -3.33. The topological polar surface area (TPSA) is 87.3 Å². The van der Waals surface area contributed by atoms with Crippen LogP contribution in [-0.2, 0) is 0 Å². The third-order valence-corrected chi connectivity index (χ3v) is 4.24. The zero-order chi connectivity index (χ0) is 20.1. The molecule has 1 aromatic heterocycles. The van der Waals surface area contributed by atoms with E-state index in [4.69, 9.17) is 17.3 Å². The van der Waals surface area contributed by atoms with Crippen molar-refractivity contribution in [1.29, 1.82) is 0 Å². The fourth-order valence-electron chi connectivity index (χ4n) is 2.68. The third kappa shape index (κ3) is 3.20. The average molecular weight is 408 g/mol. The minimum atomic E-state index is -3.78. The maximum atomic E-state index is 13.7. The molecule has 0 radical (unpaired) electrons. The highest BCUT2D eigenvalue weighted by Crippen LogP contribution is 2.45. The van der Waals surface area contributed by atoms with Crippen LogP contribution >= 0.6 is 11.6 Å². The number of carbonyl (C=O) groups excluding carboxylic acids is 1. The van der Waals surface area contributed by atoms with Crippen LogP contribution in [0.25, 0.3) is 22.5 Å². The van der Waals surface area contributed by atoms with Gasteiger partial charge in [-0.3, -0.25) is 9.78 Å². The summed E-state index contributed by atoms with van der Waals surface area (Å²) in [7, 11) is 0. The molecule has 0 unspecified atom stereocenters. The van der Waals surface area contributed by atoms with Gasteiger partial charge in [-0.05, 0) is 24.3 Å². The van der Waals surface area contributed by atoms with Crippen molar-refractivity contribution in [2.75, 3.05) is 0 Å². The molecule has 2 N–H and O–H groups in total. The van der Waals surface area contributed by atoms with Gasteiger partial charge in [0.1, 0.15) is 5.82 Å². The molecule has 1 aliphatic rings. The zero-order valence-electron chi connectivity index (χ0n) is 13.7. The first-order valence-corrected chi connectivity index (χ1v) is 8.13. The lowest BCUT2D eigenvalue weighted by atomic mass is 10.1. The number of aromatic nitrogens is 2. The van der Waals surface area contributed by atoms with Crippen molar-refractivity contribution in [3.63, 3.8) is 0 Å². The number of carbonyl (C=O) groups is 1. The SMILES string of the molecule is NC(=O)c1cc(-c2cncc(-c3cc4c(cc3Cl)OC(F)(F)O4)n2)ccc1F. The lowest BCUT2D eigenvalue weighted by molar-refractivity contribution is -0.286. The molecule has 6 nitrogen and oxygen atoms in total. The number of hydrogen-bond donors (Lipinski definition) is 1. The quantitative estimate of drug-likeness (QED) is 0.708. The number of rotatable bonds is 3. The zero-order valence-corrected chi connectivity index (χ0v) is 14.5. The summed E-state index contributed by atoms with van der Waals surface area (Å²) in [6.45, 7) is 0. The lowest BCUT2D eigenvalue weighted by Gasteiger charge is -2.08. The minimum Gasteiger partial charge on any atom is -0.395 e. The molecule has 0 saturated heterocycles. The van der Waals surface area contributed by atoms with Crippen LogP contribution in [0.3, 0.4) is 0 Å². The molecule has 3 aromatic rings. The van der Waals surface area contributed by atoms with Crippen LogP contribution in [0, 0.1) is 5.82 Å². The largest absolute Gasteiger partial charge is 0.586 e. The van der Waals surface area contributed by atoms with Crippen LogP contribution in [0.1, 0.15) is 10.4 Å². The molecule has 0 aliphatic carbocycles. The van der Waals surface area contributed by atoms with E-state index in [1.54, 1.807) is 0 Å². The van der Waals surface area contributed by atoms with Crippen molar-refractivity contribution in [2.45, 2.75) is 6.29 Å². The van der Waals surface area contributed by atoms with Crippen LogP contribution < -0.4 is 15.2 Å². The predicted molar refractivity (Wildman–Crippen MR) is 92.6 cm³/mol. The van der Waals surface area contributed by atoms with Gasteiger partial charge in [-0.1, -0.05) is 11.6 Å². The van der Waals surface area contributed by atoms with Crippen LogP contribution in [0.15, 0.2) is 42.7 Å². The van der Waals surface area contributed by atoms with Crippen molar-refractivity contribution in [3.8, 4) is 34.0 Å². The van der Waals surface area contributed by atoms with Gasteiger partial charge in [-0.15, -0.1) is 8.78 Å². The molecule has 0 bridgehead atoms. The second kappa shape index (κ2) is 6.38. The maximum absolute atomic E-state index is 13.7. The van der Waals surface area contributed by atoms with Crippen LogP contribution in [0.4, 0.5) is 13.2 Å². The summed E-state index contributed by atoms with van der Waals surface area (Å²) in [5.41, 5.74) is 6.05. The number of nitrogens with zero attached hydrogens (tertiary/aromatic N) is 2. The molecule has 0 saturated carbocycles. The van der Waals surface area contributed by atoms with E-state index in [0.717, 1.165) is 6.07 Å². The summed E-state index contributed by atoms with van der Waals surface area (Å²) < 4.78 is 48.9. The van der Waals surface area contributed by atoms with Gasteiger partial charge >= 0.3 is 6.29 Å². The molecule has 28 heavy (non-hydrogen) atoms. The van der Waals surface area contributed by atoms with Crippen molar-refractivity contribution < 1.29 is 27.4 Å². The Kier molecular flexibility index (Phi) is 4.11. The summed E-state index contributed by atoms with van der Waals surface area (Å²) in [5, 5.41) is 0.0865. The molecule has 4 rings (SSSR count). The molecule has 10 heteroatoms. The van der Waals surface area contributed by atoms with E-state index >= 15 is 0 Å². The number of alkyl halides is 2. The molecule has 142 valence electrons. The van der Waals surface area contributed by atoms with Crippen molar-refractivity contribution in [1.82, 2.24) is 9.97 Å². The molecule has 0 atom stereocenters. The molecule has 2 heterocycles. The maximum Gasteiger partial charge on any atom is 0.586 e. The Balaban J connectivity index is 1.77. The average Bonchev–Trinajstić information content (AvgIpc) is 2.94. The summed E-state index contributed by atoms with van der Waals surface area (Å²) in [4.78, 5) is 19.7. The molecule has 0 fully saturated rings. The van der Waals surface area contributed by atoms with Crippen molar-refractivity contribution in [3.05, 3.63) is 59.1 Å². The summed E-state index contributed by atoms with van der Waals surface area (Å²) in [5.74, 6) is -2.09. The first-order chi connectivity index (χ1) is 13.2. The van der Waals surface area contributed by atoms with Crippen LogP contribution in [0.2, 0.25) is 5.02 Å². The van der Waals surface area contributed by atoms with E-state index in [2.05, 4.69) is 19.4 Å². The van der Waals surface area contributed by atoms with Crippen LogP contribution in [0.5, 0.6) is 11.5 Å². The van der Waals surface area contributed by atoms with Gasteiger partial charge in [0.25, 0.3) is 5.91 Å². The highest BCUT2D eigenvalue weighted by Gasteiger charge is 2.43. The number of amides is 1. The predicted octanol–water partition coefficient (Wildman–Crippen LogP) is 4.02. The number of ether oxygens (including phenoxy) is 2. The molecule has 0 spiro atoms. The Morgan fingerprint density at radius 3 is 2.46 bits per heavy atom. The van der Waals surface area contributed by atoms with Gasteiger partial charge in [0.2, 0.25) is 0 Å². The minimum absolute atomic E-state index is 0.0865. The molecule has 1 aliphatic heterocycles. The lowest BCUT2D eigenvalue weighted by Crippen LogP contribution is -2.25. The van der Waals surface area contributed by atoms with Crippen molar-refractivity contribution >= 4 is 17.5 Å². The fourth-order valence-corrected chi connectivity index (χ4v) is 2.93. The number of benzene rings is 2. The Morgan fingerprint density at radius 2 is 1.75 bits per heavy atom. The van der Waals surface area contributed by atoms with Gasteiger partial charge in [0.05, 0.1) is 34.4 Å². The number of hydrogen-bond acceptors (Lipinski definition) is 5. The Morgan fingerprint density at radius 1 is 1.07 bits per heavy atom. The van der Waals surface area contributed by atoms with Crippen LogP contribution in [-0.4, -0.2) is 22.2 Å². The summed E-state index contributed by atoms with van der Waals surface area (Å²) in [6, 6.07) is 6.17. The standard InChI is InChI=1S/C18H9ClF3N3O3/c19-11-5-16-15(27-18(21,22)28-16)4-9(11)14-7-24-6-13(25-14)8-1-2-12(20)10(3-8)17(23)26/h1-7H,(H2,23,26). The van der Waals surface area contributed by atoms with E-state index in [-0.39, 0.29) is 33.3 Å². The number of halogens is 4. The Labute approximate surface area is 160 Å². The highest BCUT2D eigenvalue weighted by molar-refractivity contribution is 6.33. The summed E-state index contributed by atoms with van der Waals surface area (Å²) in [6.07, 6.45) is -1.03. The second-order valence-corrected chi connectivity index (χ2v) is 6.20. The first-order valence-electron chi connectivity index (χ1n) is 7.75. The molecule has 2 aromatic carbocycles. The van der Waals surface area contributed by atoms with Gasteiger partial charge in [0, 0.05) is 17.2 Å². The Bertz CT molecular complexity index is 1120.